The van der Waals surface area contributed by atoms with Crippen molar-refractivity contribution in [3.63, 3.8) is 0 Å². The van der Waals surface area contributed by atoms with Gasteiger partial charge in [0.25, 0.3) is 0 Å². The highest BCUT2D eigenvalue weighted by molar-refractivity contribution is 5.81. The zero-order chi connectivity index (χ0) is 17.7. The van der Waals surface area contributed by atoms with Crippen LogP contribution in [-0.2, 0) is 11.3 Å². The molecule has 1 aromatic rings. The molecule has 0 aliphatic carbocycles. The Morgan fingerprint density at radius 2 is 1.96 bits per heavy atom. The first kappa shape index (κ1) is 18.7. The van der Waals surface area contributed by atoms with Crippen LogP contribution in [0.5, 0.6) is 5.75 Å². The summed E-state index contributed by atoms with van der Waals surface area (Å²) < 4.78 is 18.8. The second-order valence-corrected chi connectivity index (χ2v) is 6.79. The van der Waals surface area contributed by atoms with E-state index >= 15 is 0 Å². The topological polar surface area (TPSA) is 58.8 Å². The Morgan fingerprint density at radius 3 is 2.54 bits per heavy atom. The van der Waals surface area contributed by atoms with E-state index in [2.05, 4.69) is 18.7 Å². The van der Waals surface area contributed by atoms with E-state index in [0.29, 0.717) is 37.7 Å². The van der Waals surface area contributed by atoms with E-state index in [9.17, 15) is 9.18 Å². The van der Waals surface area contributed by atoms with Crippen LogP contribution >= 0.6 is 0 Å². The standard InChI is InChI=1S/C18H28FN3O2/c1-13(2)10-16(20)18(23)22-8-6-21(7-9-22)12-14-11-15(19)4-5-17(14)24-3/h4-5,11,13,16H,6-10,12,20H2,1-3H3/t16-/m0/s1. The van der Waals surface area contributed by atoms with Crippen molar-refractivity contribution in [2.45, 2.75) is 32.9 Å². The first-order chi connectivity index (χ1) is 11.4. The fourth-order valence-corrected chi connectivity index (χ4v) is 3.08. The van der Waals surface area contributed by atoms with Gasteiger partial charge in [-0.25, -0.2) is 4.39 Å². The highest BCUT2D eigenvalue weighted by Gasteiger charge is 2.26. The molecule has 0 spiro atoms. The Labute approximate surface area is 143 Å². The zero-order valence-electron chi connectivity index (χ0n) is 14.8. The van der Waals surface area contributed by atoms with E-state index in [1.807, 2.05) is 4.90 Å². The molecular formula is C18H28FN3O2. The van der Waals surface area contributed by atoms with Crippen LogP contribution in [-0.4, -0.2) is 55.0 Å². The Kier molecular flexibility index (Phi) is 6.57. The largest absolute Gasteiger partial charge is 0.496 e. The third-order valence-corrected chi connectivity index (χ3v) is 4.36. The number of halogens is 1. The number of methoxy groups -OCH3 is 1. The highest BCUT2D eigenvalue weighted by Crippen LogP contribution is 2.21. The van der Waals surface area contributed by atoms with Crippen LogP contribution in [0.1, 0.15) is 25.8 Å². The molecule has 0 aromatic heterocycles. The smallest absolute Gasteiger partial charge is 0.239 e. The highest BCUT2D eigenvalue weighted by atomic mass is 19.1. The van der Waals surface area contributed by atoms with Gasteiger partial charge in [-0.2, -0.15) is 0 Å². The number of hydrogen-bond acceptors (Lipinski definition) is 4. The van der Waals surface area contributed by atoms with E-state index in [1.54, 1.807) is 13.2 Å². The maximum absolute atomic E-state index is 13.5. The molecule has 134 valence electrons. The molecule has 0 radical (unpaired) electrons. The summed E-state index contributed by atoms with van der Waals surface area (Å²) in [7, 11) is 1.59. The van der Waals surface area contributed by atoms with E-state index in [0.717, 1.165) is 18.7 Å². The molecule has 6 heteroatoms. The average molecular weight is 337 g/mol. The van der Waals surface area contributed by atoms with Gasteiger partial charge in [0.15, 0.2) is 0 Å². The van der Waals surface area contributed by atoms with Gasteiger partial charge in [0.2, 0.25) is 5.91 Å². The van der Waals surface area contributed by atoms with Gasteiger partial charge < -0.3 is 15.4 Å². The first-order valence-electron chi connectivity index (χ1n) is 8.50. The number of amides is 1. The van der Waals surface area contributed by atoms with Gasteiger partial charge in [0.1, 0.15) is 11.6 Å². The van der Waals surface area contributed by atoms with Gasteiger partial charge in [0, 0.05) is 38.3 Å². The second-order valence-electron chi connectivity index (χ2n) is 6.79. The lowest BCUT2D eigenvalue weighted by atomic mass is 10.0. The van der Waals surface area contributed by atoms with Crippen molar-refractivity contribution in [1.29, 1.82) is 0 Å². The van der Waals surface area contributed by atoms with E-state index in [1.165, 1.54) is 12.1 Å². The lowest BCUT2D eigenvalue weighted by Gasteiger charge is -2.36. The molecule has 1 aliphatic heterocycles. The molecule has 0 bridgehead atoms. The number of carbonyl (C=O) groups excluding carboxylic acids is 1. The number of rotatable bonds is 6. The average Bonchev–Trinajstić information content (AvgIpc) is 2.54. The lowest BCUT2D eigenvalue weighted by molar-refractivity contribution is -0.134. The van der Waals surface area contributed by atoms with Gasteiger partial charge in [0.05, 0.1) is 13.2 Å². The van der Waals surface area contributed by atoms with Crippen molar-refractivity contribution in [2.24, 2.45) is 11.7 Å². The molecule has 1 saturated heterocycles. The number of carbonyl (C=O) groups is 1. The molecule has 5 nitrogen and oxygen atoms in total. The van der Waals surface area contributed by atoms with Gasteiger partial charge in [-0.3, -0.25) is 9.69 Å². The number of hydrogen-bond donors (Lipinski definition) is 1. The molecule has 1 amide bonds. The molecule has 24 heavy (non-hydrogen) atoms. The summed E-state index contributed by atoms with van der Waals surface area (Å²) >= 11 is 0. The SMILES string of the molecule is COc1ccc(F)cc1CN1CCN(C(=O)[C@@H](N)CC(C)C)CC1. The third-order valence-electron chi connectivity index (χ3n) is 4.36. The van der Waals surface area contributed by atoms with Crippen molar-refractivity contribution in [3.8, 4) is 5.75 Å². The molecule has 1 aromatic carbocycles. The molecule has 1 aliphatic rings. The van der Waals surface area contributed by atoms with Crippen molar-refractivity contribution in [2.75, 3.05) is 33.3 Å². The van der Waals surface area contributed by atoms with Crippen LogP contribution in [0, 0.1) is 11.7 Å². The first-order valence-corrected chi connectivity index (χ1v) is 8.50. The van der Waals surface area contributed by atoms with Crippen molar-refractivity contribution in [3.05, 3.63) is 29.6 Å². The van der Waals surface area contributed by atoms with Crippen molar-refractivity contribution < 1.29 is 13.9 Å². The second kappa shape index (κ2) is 8.44. The van der Waals surface area contributed by atoms with E-state index in [4.69, 9.17) is 10.5 Å². The minimum absolute atomic E-state index is 0.0340. The number of benzene rings is 1. The van der Waals surface area contributed by atoms with E-state index < -0.39 is 6.04 Å². The van der Waals surface area contributed by atoms with Crippen LogP contribution in [0.4, 0.5) is 4.39 Å². The summed E-state index contributed by atoms with van der Waals surface area (Å²) in [6.45, 7) is 7.56. The van der Waals surface area contributed by atoms with Crippen molar-refractivity contribution in [1.82, 2.24) is 9.80 Å². The number of nitrogens with two attached hydrogens (primary N) is 1. The minimum atomic E-state index is -0.417. The summed E-state index contributed by atoms with van der Waals surface area (Å²) in [6.07, 6.45) is 0.708. The fourth-order valence-electron chi connectivity index (χ4n) is 3.08. The molecule has 0 saturated carbocycles. The number of ether oxygens (including phenoxy) is 1. The minimum Gasteiger partial charge on any atom is -0.496 e. The van der Waals surface area contributed by atoms with Crippen molar-refractivity contribution >= 4 is 5.91 Å². The van der Waals surface area contributed by atoms with Crippen LogP contribution in [0.3, 0.4) is 0 Å². The van der Waals surface area contributed by atoms with Crippen LogP contribution < -0.4 is 10.5 Å². The van der Waals surface area contributed by atoms with Gasteiger partial charge in [-0.05, 0) is 30.5 Å². The van der Waals surface area contributed by atoms with Crippen LogP contribution in [0.25, 0.3) is 0 Å². The molecular weight excluding hydrogens is 309 g/mol. The Bertz CT molecular complexity index is 557. The van der Waals surface area contributed by atoms with Gasteiger partial charge in [-0.15, -0.1) is 0 Å². The Balaban J connectivity index is 1.89. The number of piperazine rings is 1. The predicted molar refractivity (Wildman–Crippen MR) is 92.2 cm³/mol. The summed E-state index contributed by atoms with van der Waals surface area (Å²) in [6, 6.07) is 4.14. The summed E-state index contributed by atoms with van der Waals surface area (Å²) in [4.78, 5) is 16.4. The predicted octanol–water partition coefficient (Wildman–Crippen LogP) is 1.85. The molecule has 1 fully saturated rings. The normalized spacial score (nSPS) is 17.2. The molecule has 1 heterocycles. The molecule has 2 rings (SSSR count). The summed E-state index contributed by atoms with van der Waals surface area (Å²) in [5.41, 5.74) is 6.83. The van der Waals surface area contributed by atoms with Crippen LogP contribution in [0.2, 0.25) is 0 Å². The Morgan fingerprint density at radius 1 is 1.29 bits per heavy atom. The van der Waals surface area contributed by atoms with Gasteiger partial charge in [-0.1, -0.05) is 13.8 Å². The molecule has 2 N–H and O–H groups in total. The third kappa shape index (κ3) is 4.92. The lowest BCUT2D eigenvalue weighted by Crippen LogP contribution is -2.53. The number of nitrogens with zero attached hydrogens (tertiary/aromatic N) is 2. The molecule has 1 atom stereocenters. The maximum Gasteiger partial charge on any atom is 0.239 e. The maximum atomic E-state index is 13.5. The monoisotopic (exact) mass is 337 g/mol. The fraction of sp³-hybridized carbons (Fsp3) is 0.611. The summed E-state index contributed by atoms with van der Waals surface area (Å²) in [5.74, 6) is 0.866. The van der Waals surface area contributed by atoms with E-state index in [-0.39, 0.29) is 11.7 Å². The Hall–Kier alpha value is -1.66. The quantitative estimate of drug-likeness (QED) is 0.861. The van der Waals surface area contributed by atoms with Gasteiger partial charge >= 0.3 is 0 Å². The van der Waals surface area contributed by atoms with Crippen LogP contribution in [0.15, 0.2) is 18.2 Å². The molecule has 0 unspecified atom stereocenters. The summed E-state index contributed by atoms with van der Waals surface area (Å²) in [5, 5.41) is 0. The zero-order valence-corrected chi connectivity index (χ0v) is 14.8.